The highest BCUT2D eigenvalue weighted by atomic mass is 16.6. The largest absolute Gasteiger partial charge is 0.442 e. The Bertz CT molecular complexity index is 333. The fourth-order valence-corrected chi connectivity index (χ4v) is 0.894. The Balaban J connectivity index is 4.88. The monoisotopic (exact) mass is 224 g/mol. The lowest BCUT2D eigenvalue weighted by molar-refractivity contribution is 0.0605. The van der Waals surface area contributed by atoms with Crippen molar-refractivity contribution in [2.24, 2.45) is 9.98 Å². The van der Waals surface area contributed by atoms with Gasteiger partial charge in [0, 0.05) is 7.05 Å². The van der Waals surface area contributed by atoms with Gasteiger partial charge in [0.15, 0.2) is 0 Å². The lowest BCUT2D eigenvalue weighted by Gasteiger charge is -2.17. The summed E-state index contributed by atoms with van der Waals surface area (Å²) in [5.74, 6) is 0. The number of hydrogen-bond acceptors (Lipinski definition) is 3. The molecule has 0 aliphatic heterocycles. The molecular weight excluding hydrogens is 204 g/mol. The minimum Gasteiger partial charge on any atom is -0.442 e. The fraction of sp³-hybridized carbons (Fsp3) is 0.583. The average Bonchev–Trinajstić information content (AvgIpc) is 2.13. The van der Waals surface area contributed by atoms with Crippen LogP contribution < -0.4 is 0 Å². The molecule has 0 aromatic heterocycles. The number of ether oxygens (including phenoxy) is 1. The summed E-state index contributed by atoms with van der Waals surface area (Å²) in [6, 6.07) is 0. The molecule has 0 bridgehead atoms. The van der Waals surface area contributed by atoms with Crippen LogP contribution in [-0.4, -0.2) is 30.2 Å². The third-order valence-corrected chi connectivity index (χ3v) is 1.64. The molecule has 0 aromatic rings. The van der Waals surface area contributed by atoms with Crippen molar-refractivity contribution in [2.45, 2.75) is 40.2 Å². The molecule has 0 fully saturated rings. The number of carbonyl (C=O) groups excluding carboxylic acids is 1. The molecule has 0 radical (unpaired) electrons. The summed E-state index contributed by atoms with van der Waals surface area (Å²) < 4.78 is 5.09. The van der Waals surface area contributed by atoms with Gasteiger partial charge >= 0.3 is 6.09 Å². The summed E-state index contributed by atoms with van der Waals surface area (Å²) in [6.45, 7) is 9.06. The van der Waals surface area contributed by atoms with E-state index in [2.05, 4.69) is 9.98 Å². The summed E-state index contributed by atoms with van der Waals surface area (Å²) in [5.41, 5.74) is 0.696. The maximum atomic E-state index is 11.5. The second-order valence-electron chi connectivity index (χ2n) is 4.29. The van der Waals surface area contributed by atoms with Gasteiger partial charge in [-0.1, -0.05) is 6.08 Å². The molecule has 0 heterocycles. The Hall–Kier alpha value is -1.45. The molecule has 0 spiro atoms. The van der Waals surface area contributed by atoms with Crippen LogP contribution in [0.1, 0.15) is 34.6 Å². The van der Waals surface area contributed by atoms with Gasteiger partial charge in [0.25, 0.3) is 0 Å². The highest BCUT2D eigenvalue weighted by Gasteiger charge is 2.16. The van der Waals surface area contributed by atoms with Crippen LogP contribution in [0.3, 0.4) is 0 Å². The van der Waals surface area contributed by atoms with Gasteiger partial charge in [-0.25, -0.2) is 4.79 Å². The predicted molar refractivity (Wildman–Crippen MR) is 67.5 cm³/mol. The standard InChI is InChI=1S/C12H20N2O2/c1-7-8-10(9(2)13-6)14-11(15)16-12(3,4)5/h7-8H,1-6H3/b8-7-,13-9?,14-10?. The molecule has 0 saturated heterocycles. The molecule has 90 valence electrons. The number of nitrogens with zero attached hydrogens (tertiary/aromatic N) is 2. The lowest BCUT2D eigenvalue weighted by Crippen LogP contribution is -2.23. The van der Waals surface area contributed by atoms with Crippen molar-refractivity contribution in [3.63, 3.8) is 0 Å². The first-order valence-electron chi connectivity index (χ1n) is 5.18. The number of carbonyl (C=O) groups is 1. The lowest BCUT2D eigenvalue weighted by atomic mass is 10.2. The normalized spacial score (nSPS) is 14.4. The minimum atomic E-state index is -0.594. The highest BCUT2D eigenvalue weighted by molar-refractivity contribution is 6.46. The van der Waals surface area contributed by atoms with Gasteiger partial charge in [-0.15, -0.1) is 0 Å². The van der Waals surface area contributed by atoms with Crippen molar-refractivity contribution in [1.82, 2.24) is 0 Å². The van der Waals surface area contributed by atoms with Crippen molar-refractivity contribution < 1.29 is 9.53 Å². The number of hydrogen-bond donors (Lipinski definition) is 0. The number of rotatable bonds is 2. The molecule has 0 rings (SSSR count). The molecule has 0 aromatic carbocycles. The Morgan fingerprint density at radius 2 is 1.88 bits per heavy atom. The average molecular weight is 224 g/mol. The molecule has 0 N–H and O–H groups in total. The molecular formula is C12H20N2O2. The van der Waals surface area contributed by atoms with Crippen LogP contribution in [0.4, 0.5) is 4.79 Å². The van der Waals surface area contributed by atoms with E-state index in [1.54, 1.807) is 46.9 Å². The van der Waals surface area contributed by atoms with Crippen LogP contribution in [0.15, 0.2) is 22.1 Å². The predicted octanol–water partition coefficient (Wildman–Crippen LogP) is 3.03. The van der Waals surface area contributed by atoms with Crippen molar-refractivity contribution in [3.8, 4) is 0 Å². The summed E-state index contributed by atoms with van der Waals surface area (Å²) in [7, 11) is 1.66. The molecule has 4 heteroatoms. The van der Waals surface area contributed by atoms with E-state index in [1.807, 2.05) is 6.92 Å². The van der Waals surface area contributed by atoms with Gasteiger partial charge in [0.2, 0.25) is 0 Å². The van der Waals surface area contributed by atoms with Gasteiger partial charge in [-0.2, -0.15) is 4.99 Å². The van der Waals surface area contributed by atoms with E-state index in [-0.39, 0.29) is 0 Å². The zero-order valence-electron chi connectivity index (χ0n) is 10.9. The first-order valence-corrected chi connectivity index (χ1v) is 5.18. The van der Waals surface area contributed by atoms with E-state index in [0.717, 1.165) is 0 Å². The van der Waals surface area contributed by atoms with E-state index in [4.69, 9.17) is 4.74 Å². The fourth-order valence-electron chi connectivity index (χ4n) is 0.894. The second-order valence-corrected chi connectivity index (χ2v) is 4.29. The van der Waals surface area contributed by atoms with E-state index in [9.17, 15) is 4.79 Å². The second kappa shape index (κ2) is 6.20. The first-order chi connectivity index (χ1) is 7.30. The topological polar surface area (TPSA) is 51.0 Å². The van der Waals surface area contributed by atoms with Crippen LogP contribution in [0, 0.1) is 0 Å². The van der Waals surface area contributed by atoms with Crippen molar-refractivity contribution in [3.05, 3.63) is 12.2 Å². The van der Waals surface area contributed by atoms with E-state index in [0.29, 0.717) is 11.4 Å². The zero-order chi connectivity index (χ0) is 12.8. The van der Waals surface area contributed by atoms with Gasteiger partial charge in [0.1, 0.15) is 5.60 Å². The molecule has 4 nitrogen and oxygen atoms in total. The van der Waals surface area contributed by atoms with Crippen LogP contribution in [-0.2, 0) is 4.74 Å². The number of amides is 1. The van der Waals surface area contributed by atoms with Crippen LogP contribution in [0.5, 0.6) is 0 Å². The van der Waals surface area contributed by atoms with Gasteiger partial charge < -0.3 is 4.74 Å². The first kappa shape index (κ1) is 14.6. The number of allylic oxidation sites excluding steroid dienone is 2. The summed E-state index contributed by atoms with van der Waals surface area (Å²) in [5, 5.41) is 0. The van der Waals surface area contributed by atoms with Crippen molar-refractivity contribution in [1.29, 1.82) is 0 Å². The van der Waals surface area contributed by atoms with Gasteiger partial charge in [0.05, 0.1) is 11.4 Å². The zero-order valence-corrected chi connectivity index (χ0v) is 10.9. The van der Waals surface area contributed by atoms with Crippen LogP contribution >= 0.6 is 0 Å². The summed E-state index contributed by atoms with van der Waals surface area (Å²) in [4.78, 5) is 19.3. The molecule has 0 aliphatic rings. The number of aliphatic imine (C=N–C) groups is 2. The molecule has 1 amide bonds. The van der Waals surface area contributed by atoms with E-state index in [1.165, 1.54) is 0 Å². The maximum Gasteiger partial charge on any atom is 0.434 e. The summed E-state index contributed by atoms with van der Waals surface area (Å²) in [6.07, 6.45) is 2.94. The minimum absolute atomic E-state index is 0.527. The van der Waals surface area contributed by atoms with Crippen LogP contribution in [0.25, 0.3) is 0 Å². The van der Waals surface area contributed by atoms with Crippen molar-refractivity contribution in [2.75, 3.05) is 7.05 Å². The third kappa shape index (κ3) is 6.11. The van der Waals surface area contributed by atoms with E-state index >= 15 is 0 Å². The quantitative estimate of drug-likeness (QED) is 0.677. The molecule has 0 atom stereocenters. The Kier molecular flexibility index (Phi) is 5.64. The Morgan fingerprint density at radius 1 is 1.31 bits per heavy atom. The van der Waals surface area contributed by atoms with E-state index < -0.39 is 11.7 Å². The summed E-state index contributed by atoms with van der Waals surface area (Å²) >= 11 is 0. The smallest absolute Gasteiger partial charge is 0.434 e. The SMILES string of the molecule is C/C=C\C(=NC(=O)OC(C)(C)C)C(C)=NC. The third-order valence-electron chi connectivity index (χ3n) is 1.64. The van der Waals surface area contributed by atoms with Crippen LogP contribution in [0.2, 0.25) is 0 Å². The Labute approximate surface area is 97.1 Å². The molecule has 0 saturated carbocycles. The Morgan fingerprint density at radius 3 is 2.25 bits per heavy atom. The van der Waals surface area contributed by atoms with Gasteiger partial charge in [-0.3, -0.25) is 4.99 Å². The maximum absolute atomic E-state index is 11.5. The highest BCUT2D eigenvalue weighted by Crippen LogP contribution is 2.08. The van der Waals surface area contributed by atoms with Gasteiger partial charge in [-0.05, 0) is 40.7 Å². The van der Waals surface area contributed by atoms with Crippen molar-refractivity contribution >= 4 is 17.5 Å². The molecule has 0 unspecified atom stereocenters. The molecule has 16 heavy (non-hydrogen) atoms. The molecule has 0 aliphatic carbocycles.